The molecule has 0 aromatic rings. The third kappa shape index (κ3) is 2.66. The van der Waals surface area contributed by atoms with Crippen LogP contribution in [-0.4, -0.2) is 17.7 Å². The summed E-state index contributed by atoms with van der Waals surface area (Å²) in [6, 6.07) is 0. The van der Waals surface area contributed by atoms with Gasteiger partial charge in [-0.3, -0.25) is 5.73 Å². The summed E-state index contributed by atoms with van der Waals surface area (Å²) in [6.07, 6.45) is 9.86. The van der Waals surface area contributed by atoms with E-state index in [1.54, 1.807) is 6.21 Å². The molecule has 1 aliphatic rings. The molecule has 0 unspecified atom stereocenters. The van der Waals surface area contributed by atoms with Gasteiger partial charge < -0.3 is 4.90 Å². The van der Waals surface area contributed by atoms with Crippen LogP contribution in [-0.2, 0) is 0 Å². The van der Waals surface area contributed by atoms with E-state index in [4.69, 9.17) is 5.73 Å². The third-order valence-corrected chi connectivity index (χ3v) is 1.86. The van der Waals surface area contributed by atoms with Crippen molar-refractivity contribution in [3.8, 4) is 0 Å². The van der Waals surface area contributed by atoms with Crippen LogP contribution >= 0.6 is 0 Å². The zero-order chi connectivity index (χ0) is 8.81. The van der Waals surface area contributed by atoms with E-state index in [9.17, 15) is 0 Å². The smallest absolute Gasteiger partial charge is 0.244 e. The van der Waals surface area contributed by atoms with Crippen LogP contribution < -0.4 is 5.73 Å². The number of unbranched alkanes of at least 4 members (excludes halogenated alkanes) is 2. The van der Waals surface area contributed by atoms with Crippen molar-refractivity contribution in [3.63, 3.8) is 0 Å². The molecule has 67 valence electrons. The van der Waals surface area contributed by atoms with Crippen molar-refractivity contribution >= 4 is 6.21 Å². The molecular formula is C9H16N3. The third-order valence-electron chi connectivity index (χ3n) is 1.86. The van der Waals surface area contributed by atoms with E-state index in [0.29, 0.717) is 6.29 Å². The van der Waals surface area contributed by atoms with Crippen molar-refractivity contribution in [2.45, 2.75) is 26.2 Å². The lowest BCUT2D eigenvalue weighted by Gasteiger charge is -2.24. The Labute approximate surface area is 74.0 Å². The van der Waals surface area contributed by atoms with Gasteiger partial charge in [-0.2, -0.15) is 0 Å². The molecule has 0 spiro atoms. The van der Waals surface area contributed by atoms with Gasteiger partial charge >= 0.3 is 0 Å². The van der Waals surface area contributed by atoms with Gasteiger partial charge in [-0.05, 0) is 12.5 Å². The highest BCUT2D eigenvalue weighted by molar-refractivity contribution is 5.72. The normalized spacial score (nSPS) is 17.3. The predicted molar refractivity (Wildman–Crippen MR) is 51.3 cm³/mol. The number of aliphatic imine (C=N–C) groups is 1. The summed E-state index contributed by atoms with van der Waals surface area (Å²) in [5.41, 5.74) is 5.65. The van der Waals surface area contributed by atoms with Gasteiger partial charge in [0.15, 0.2) is 0 Å². The summed E-state index contributed by atoms with van der Waals surface area (Å²) in [5, 5.41) is 0. The Morgan fingerprint density at radius 1 is 1.50 bits per heavy atom. The van der Waals surface area contributed by atoms with Crippen LogP contribution in [0.4, 0.5) is 0 Å². The Hall–Kier alpha value is -0.830. The lowest BCUT2D eigenvalue weighted by molar-refractivity contribution is 0.368. The SMILES string of the molecule is CCCCCN1C=CC=N[C]1N. The van der Waals surface area contributed by atoms with E-state index in [0.717, 1.165) is 6.54 Å². The molecule has 1 heterocycles. The highest BCUT2D eigenvalue weighted by Gasteiger charge is 2.10. The van der Waals surface area contributed by atoms with Crippen molar-refractivity contribution in [2.24, 2.45) is 10.7 Å². The van der Waals surface area contributed by atoms with Gasteiger partial charge in [0.1, 0.15) is 0 Å². The zero-order valence-electron chi connectivity index (χ0n) is 7.53. The Kier molecular flexibility index (Phi) is 3.80. The fourth-order valence-electron chi connectivity index (χ4n) is 1.13. The maximum atomic E-state index is 5.65. The van der Waals surface area contributed by atoms with Crippen LogP contribution in [0.1, 0.15) is 26.2 Å². The molecule has 0 fully saturated rings. The molecule has 2 N–H and O–H groups in total. The first-order valence-corrected chi connectivity index (χ1v) is 4.44. The minimum absolute atomic E-state index is 0.605. The second-order valence-electron chi connectivity index (χ2n) is 2.88. The largest absolute Gasteiger partial charge is 0.337 e. The molecule has 1 aliphatic heterocycles. The van der Waals surface area contributed by atoms with Crippen LogP contribution in [0.15, 0.2) is 17.3 Å². The average molecular weight is 166 g/mol. The number of hydrogen-bond donors (Lipinski definition) is 1. The van der Waals surface area contributed by atoms with Crippen LogP contribution in [0.5, 0.6) is 0 Å². The van der Waals surface area contributed by atoms with Crippen LogP contribution in [0.25, 0.3) is 0 Å². The first-order chi connectivity index (χ1) is 5.84. The number of hydrogen-bond acceptors (Lipinski definition) is 3. The van der Waals surface area contributed by atoms with E-state index in [1.807, 2.05) is 17.2 Å². The van der Waals surface area contributed by atoms with Crippen LogP contribution in [0, 0.1) is 6.29 Å². The van der Waals surface area contributed by atoms with E-state index >= 15 is 0 Å². The number of allylic oxidation sites excluding steroid dienone is 1. The topological polar surface area (TPSA) is 41.6 Å². The van der Waals surface area contributed by atoms with Crippen molar-refractivity contribution in [3.05, 3.63) is 18.6 Å². The summed E-state index contributed by atoms with van der Waals surface area (Å²) in [5.74, 6) is 0. The first kappa shape index (κ1) is 9.26. The highest BCUT2D eigenvalue weighted by Crippen LogP contribution is 2.09. The quantitative estimate of drug-likeness (QED) is 0.643. The van der Waals surface area contributed by atoms with Gasteiger partial charge in [-0.1, -0.05) is 19.8 Å². The fraction of sp³-hybridized carbons (Fsp3) is 0.556. The number of nitrogens with zero attached hydrogens (tertiary/aromatic N) is 2. The maximum absolute atomic E-state index is 5.65. The van der Waals surface area contributed by atoms with Crippen molar-refractivity contribution < 1.29 is 0 Å². The minimum atomic E-state index is 0.605. The van der Waals surface area contributed by atoms with E-state index in [1.165, 1.54) is 19.3 Å². The fourth-order valence-corrected chi connectivity index (χ4v) is 1.13. The molecule has 0 bridgehead atoms. The molecule has 0 aromatic carbocycles. The lowest BCUT2D eigenvalue weighted by Crippen LogP contribution is -2.31. The summed E-state index contributed by atoms with van der Waals surface area (Å²) < 4.78 is 0. The molecule has 0 amide bonds. The molecule has 12 heavy (non-hydrogen) atoms. The summed E-state index contributed by atoms with van der Waals surface area (Å²) in [6.45, 7) is 3.17. The summed E-state index contributed by atoms with van der Waals surface area (Å²) >= 11 is 0. The van der Waals surface area contributed by atoms with Crippen LogP contribution in [0.2, 0.25) is 0 Å². The second-order valence-corrected chi connectivity index (χ2v) is 2.88. The maximum Gasteiger partial charge on any atom is 0.244 e. The van der Waals surface area contributed by atoms with Gasteiger partial charge in [0.2, 0.25) is 6.29 Å². The molecule has 0 saturated carbocycles. The van der Waals surface area contributed by atoms with Gasteiger partial charge in [0, 0.05) is 19.0 Å². The van der Waals surface area contributed by atoms with Crippen LogP contribution in [0.3, 0.4) is 0 Å². The highest BCUT2D eigenvalue weighted by atomic mass is 15.3. The zero-order valence-corrected chi connectivity index (χ0v) is 7.53. The first-order valence-electron chi connectivity index (χ1n) is 4.44. The van der Waals surface area contributed by atoms with Crippen molar-refractivity contribution in [1.82, 2.24) is 4.90 Å². The number of rotatable bonds is 4. The molecule has 1 rings (SSSR count). The molecule has 0 saturated heterocycles. The van der Waals surface area contributed by atoms with Gasteiger partial charge in [0.25, 0.3) is 0 Å². The van der Waals surface area contributed by atoms with Crippen molar-refractivity contribution in [1.29, 1.82) is 0 Å². The van der Waals surface area contributed by atoms with Gasteiger partial charge in [-0.15, -0.1) is 0 Å². The molecule has 0 aliphatic carbocycles. The van der Waals surface area contributed by atoms with Gasteiger partial charge in [-0.25, -0.2) is 4.99 Å². The predicted octanol–water partition coefficient (Wildman–Crippen LogP) is 1.48. The van der Waals surface area contributed by atoms with Crippen molar-refractivity contribution in [2.75, 3.05) is 6.54 Å². The molecule has 1 radical (unpaired) electrons. The molecule has 3 nitrogen and oxygen atoms in total. The summed E-state index contributed by atoms with van der Waals surface area (Å²) in [7, 11) is 0. The monoisotopic (exact) mass is 166 g/mol. The van der Waals surface area contributed by atoms with E-state index in [2.05, 4.69) is 11.9 Å². The number of nitrogens with two attached hydrogens (primary N) is 1. The summed E-state index contributed by atoms with van der Waals surface area (Å²) in [4.78, 5) is 5.98. The Morgan fingerprint density at radius 3 is 3.00 bits per heavy atom. The Morgan fingerprint density at radius 2 is 2.33 bits per heavy atom. The average Bonchev–Trinajstić information content (AvgIpc) is 2.09. The molecule has 0 aromatic heterocycles. The standard InChI is InChI=1S/C9H16N3/c1-2-3-4-7-12-8-5-6-11-9(12)10/h5-6,8H,2-4,7,10H2,1H3. The van der Waals surface area contributed by atoms with E-state index in [-0.39, 0.29) is 0 Å². The Bertz CT molecular complexity index is 175. The molecule has 0 atom stereocenters. The second kappa shape index (κ2) is 4.93. The minimum Gasteiger partial charge on any atom is -0.337 e. The van der Waals surface area contributed by atoms with E-state index < -0.39 is 0 Å². The lowest BCUT2D eigenvalue weighted by atomic mass is 10.2. The molecular weight excluding hydrogens is 150 g/mol. The Balaban J connectivity index is 2.23. The molecule has 3 heteroatoms. The van der Waals surface area contributed by atoms with Gasteiger partial charge in [0.05, 0.1) is 0 Å².